The second-order valence-corrected chi connectivity index (χ2v) is 7.87. The number of benzene rings is 2. The van der Waals surface area contributed by atoms with Crippen LogP contribution in [0.25, 0.3) is 11.0 Å². The predicted octanol–water partition coefficient (Wildman–Crippen LogP) is 2.76. The molecule has 2 amide bonds. The van der Waals surface area contributed by atoms with Gasteiger partial charge >= 0.3 is 0 Å². The van der Waals surface area contributed by atoms with E-state index in [4.69, 9.17) is 9.47 Å². The first-order chi connectivity index (χ1) is 17.6. The van der Waals surface area contributed by atoms with Crippen molar-refractivity contribution in [3.8, 4) is 5.75 Å². The summed E-state index contributed by atoms with van der Waals surface area (Å²) >= 11 is 0. The number of pyridine rings is 1. The average Bonchev–Trinajstić information content (AvgIpc) is 3.31. The monoisotopic (exact) mass is 488 g/mol. The Morgan fingerprint density at radius 1 is 1.08 bits per heavy atom. The van der Waals surface area contributed by atoms with Crippen molar-refractivity contribution in [2.45, 2.75) is 19.5 Å². The Bertz CT molecular complexity index is 1310. The molecule has 1 atom stereocenters. The lowest BCUT2D eigenvalue weighted by atomic mass is 10.0. The second kappa shape index (κ2) is 11.9. The van der Waals surface area contributed by atoms with E-state index in [1.54, 1.807) is 43.8 Å². The average molecular weight is 489 g/mol. The third kappa shape index (κ3) is 5.49. The summed E-state index contributed by atoms with van der Waals surface area (Å²) < 4.78 is 12.5. The maximum Gasteiger partial charge on any atom is 0.249 e. The van der Waals surface area contributed by atoms with Gasteiger partial charge in [-0.3, -0.25) is 19.5 Å². The fraction of sp³-hybridized carbons (Fsp3) is 0.269. The molecule has 10 nitrogen and oxygen atoms in total. The topological polar surface area (TPSA) is 111 Å². The summed E-state index contributed by atoms with van der Waals surface area (Å²) in [4.78, 5) is 33.2. The highest BCUT2D eigenvalue weighted by molar-refractivity contribution is 6.01. The van der Waals surface area contributed by atoms with E-state index in [1.807, 2.05) is 43.3 Å². The van der Waals surface area contributed by atoms with Crippen LogP contribution in [-0.2, 0) is 20.9 Å². The van der Waals surface area contributed by atoms with Gasteiger partial charge in [-0.2, -0.15) is 0 Å². The molecule has 0 radical (unpaired) electrons. The van der Waals surface area contributed by atoms with E-state index in [9.17, 15) is 9.59 Å². The maximum atomic E-state index is 13.9. The van der Waals surface area contributed by atoms with Gasteiger partial charge in [0.25, 0.3) is 0 Å². The number of methoxy groups -OCH3 is 1. The number of carbonyl (C=O) groups excluding carboxylic acids is 2. The van der Waals surface area contributed by atoms with Gasteiger partial charge in [-0.15, -0.1) is 5.10 Å². The molecule has 10 heteroatoms. The Balaban J connectivity index is 1.79. The molecule has 36 heavy (non-hydrogen) atoms. The minimum Gasteiger partial charge on any atom is -0.493 e. The second-order valence-electron chi connectivity index (χ2n) is 7.87. The van der Waals surface area contributed by atoms with Crippen molar-refractivity contribution < 1.29 is 19.1 Å². The molecule has 4 rings (SSSR count). The Morgan fingerprint density at radius 3 is 2.67 bits per heavy atom. The van der Waals surface area contributed by atoms with Crippen LogP contribution in [0.4, 0.5) is 5.69 Å². The first-order valence-corrected chi connectivity index (χ1v) is 11.6. The van der Waals surface area contributed by atoms with Crippen LogP contribution in [-0.4, -0.2) is 58.7 Å². The zero-order valence-corrected chi connectivity index (χ0v) is 20.2. The van der Waals surface area contributed by atoms with Gasteiger partial charge in [-0.1, -0.05) is 35.5 Å². The molecule has 0 spiro atoms. The first-order valence-electron chi connectivity index (χ1n) is 11.6. The molecule has 1 N–H and O–H groups in total. The molecule has 2 aromatic carbocycles. The number of amides is 2. The lowest BCUT2D eigenvalue weighted by Crippen LogP contribution is -2.46. The molecule has 2 heterocycles. The molecule has 2 aromatic heterocycles. The van der Waals surface area contributed by atoms with E-state index in [-0.39, 0.29) is 24.9 Å². The fourth-order valence-electron chi connectivity index (χ4n) is 3.94. The first kappa shape index (κ1) is 24.8. The minimum absolute atomic E-state index is 0.131. The van der Waals surface area contributed by atoms with Gasteiger partial charge in [0.1, 0.15) is 23.9 Å². The highest BCUT2D eigenvalue weighted by atomic mass is 16.5. The van der Waals surface area contributed by atoms with Gasteiger partial charge in [0, 0.05) is 25.4 Å². The Hall–Kier alpha value is -4.31. The lowest BCUT2D eigenvalue weighted by molar-refractivity contribution is -0.127. The number of hydrogen-bond donors (Lipinski definition) is 1. The van der Waals surface area contributed by atoms with E-state index >= 15 is 0 Å². The number of hydrogen-bond acceptors (Lipinski definition) is 7. The van der Waals surface area contributed by atoms with Crippen molar-refractivity contribution in [1.29, 1.82) is 0 Å². The number of nitrogens with zero attached hydrogens (tertiary/aromatic N) is 5. The van der Waals surface area contributed by atoms with Crippen molar-refractivity contribution in [1.82, 2.24) is 25.3 Å². The number of anilines is 1. The van der Waals surface area contributed by atoms with Crippen LogP contribution in [0.3, 0.4) is 0 Å². The summed E-state index contributed by atoms with van der Waals surface area (Å²) in [5.74, 6) is -0.225. The van der Waals surface area contributed by atoms with Gasteiger partial charge in [0.15, 0.2) is 0 Å². The molecule has 0 aliphatic heterocycles. The molecule has 0 unspecified atom stereocenters. The van der Waals surface area contributed by atoms with Crippen LogP contribution < -0.4 is 15.0 Å². The number of aromatic nitrogens is 4. The van der Waals surface area contributed by atoms with Gasteiger partial charge in [-0.05, 0) is 37.3 Å². The number of carbonyl (C=O) groups is 2. The number of fused-ring (bicyclic) bond motifs is 1. The molecular formula is C26H28N6O4. The highest BCUT2D eigenvalue weighted by Gasteiger charge is 2.35. The van der Waals surface area contributed by atoms with Crippen LogP contribution in [0.1, 0.15) is 18.5 Å². The molecular weight excluding hydrogens is 460 g/mol. The van der Waals surface area contributed by atoms with E-state index in [0.29, 0.717) is 41.2 Å². The molecule has 0 bridgehead atoms. The Morgan fingerprint density at radius 2 is 1.89 bits per heavy atom. The lowest BCUT2D eigenvalue weighted by Gasteiger charge is -2.32. The Kier molecular flexibility index (Phi) is 8.20. The number of nitrogens with one attached hydrogen (secondary N) is 1. The summed E-state index contributed by atoms with van der Waals surface area (Å²) in [5, 5.41) is 11.2. The number of ether oxygens (including phenoxy) is 2. The zero-order chi connectivity index (χ0) is 25.3. The fourth-order valence-corrected chi connectivity index (χ4v) is 3.94. The highest BCUT2D eigenvalue weighted by Crippen LogP contribution is 2.33. The van der Waals surface area contributed by atoms with E-state index in [2.05, 4.69) is 20.6 Å². The van der Waals surface area contributed by atoms with E-state index < -0.39 is 6.04 Å². The summed E-state index contributed by atoms with van der Waals surface area (Å²) in [6, 6.07) is 17.0. The largest absolute Gasteiger partial charge is 0.493 e. The van der Waals surface area contributed by atoms with Crippen LogP contribution in [0, 0.1) is 0 Å². The molecule has 0 saturated heterocycles. The van der Waals surface area contributed by atoms with E-state index in [1.165, 1.54) is 9.58 Å². The van der Waals surface area contributed by atoms with Crippen molar-refractivity contribution in [3.63, 3.8) is 0 Å². The van der Waals surface area contributed by atoms with Crippen LogP contribution in [0.5, 0.6) is 5.75 Å². The zero-order valence-electron chi connectivity index (χ0n) is 20.2. The molecule has 0 aliphatic carbocycles. The predicted molar refractivity (Wildman–Crippen MR) is 134 cm³/mol. The van der Waals surface area contributed by atoms with Crippen LogP contribution >= 0.6 is 0 Å². The standard InChI is InChI=1S/C26H28N6O4/c1-3-36-23-13-7-4-10-20(23)25(26(34)28-15-16-35-2)32(19-9-8-14-27-17-19)24(33)18-31-22-12-6-5-11-21(22)29-30-31/h4-14,17,25H,3,15-16,18H2,1-2H3,(H,28,34)/t25-/m0/s1. The van der Waals surface area contributed by atoms with Gasteiger partial charge in [0.05, 0.1) is 30.6 Å². The van der Waals surface area contributed by atoms with Crippen molar-refractivity contribution in [2.24, 2.45) is 0 Å². The third-order valence-electron chi connectivity index (χ3n) is 5.52. The van der Waals surface area contributed by atoms with Crippen LogP contribution in [0.15, 0.2) is 73.1 Å². The normalized spacial score (nSPS) is 11.7. The molecule has 4 aromatic rings. The molecule has 0 saturated carbocycles. The number of para-hydroxylation sites is 2. The van der Waals surface area contributed by atoms with Gasteiger partial charge in [-0.25, -0.2) is 4.68 Å². The smallest absolute Gasteiger partial charge is 0.249 e. The summed E-state index contributed by atoms with van der Waals surface area (Å²) in [5.41, 5.74) is 2.40. The quantitative estimate of drug-likeness (QED) is 0.323. The SMILES string of the molecule is CCOc1ccccc1[C@@H](C(=O)NCCOC)N(C(=O)Cn1nnc2ccccc21)c1cccnc1. The molecule has 0 fully saturated rings. The van der Waals surface area contributed by atoms with Gasteiger partial charge < -0.3 is 14.8 Å². The van der Waals surface area contributed by atoms with Gasteiger partial charge in [0.2, 0.25) is 11.8 Å². The summed E-state index contributed by atoms with van der Waals surface area (Å²) in [6.07, 6.45) is 3.16. The van der Waals surface area contributed by atoms with E-state index in [0.717, 1.165) is 0 Å². The summed E-state index contributed by atoms with van der Waals surface area (Å²) in [7, 11) is 1.56. The molecule has 0 aliphatic rings. The maximum absolute atomic E-state index is 13.9. The third-order valence-corrected chi connectivity index (χ3v) is 5.52. The molecule has 186 valence electrons. The van der Waals surface area contributed by atoms with Crippen molar-refractivity contribution >= 4 is 28.5 Å². The minimum atomic E-state index is -1.03. The Labute approximate surface area is 208 Å². The van der Waals surface area contributed by atoms with Crippen LogP contribution in [0.2, 0.25) is 0 Å². The summed E-state index contributed by atoms with van der Waals surface area (Å²) in [6.45, 7) is 2.75. The van der Waals surface area contributed by atoms with Crippen molar-refractivity contribution in [3.05, 3.63) is 78.6 Å². The number of rotatable bonds is 11. The van der Waals surface area contributed by atoms with Crippen molar-refractivity contribution in [2.75, 3.05) is 31.8 Å².